The highest BCUT2D eigenvalue weighted by atomic mass is 32.1. The Kier molecular flexibility index (Phi) is 3.04. The number of benzene rings is 1. The predicted molar refractivity (Wildman–Crippen MR) is 76.4 cm³/mol. The number of thiazole rings is 1. The Bertz CT molecular complexity index is 732. The van der Waals surface area contributed by atoms with E-state index in [1.165, 1.54) is 5.69 Å². The van der Waals surface area contributed by atoms with E-state index in [0.29, 0.717) is 18.0 Å². The van der Waals surface area contributed by atoms with Crippen LogP contribution in [0.15, 0.2) is 17.5 Å². The molecule has 0 amide bonds. The van der Waals surface area contributed by atoms with Crippen LogP contribution in [0, 0.1) is 0 Å². The van der Waals surface area contributed by atoms with Gasteiger partial charge < -0.3 is 15.2 Å². The molecule has 100 valence electrons. The lowest BCUT2D eigenvalue weighted by Crippen LogP contribution is -2.04. The van der Waals surface area contributed by atoms with Crippen molar-refractivity contribution in [3.05, 3.63) is 23.2 Å². The van der Waals surface area contributed by atoms with Crippen LogP contribution in [0.4, 0.5) is 0 Å². The lowest BCUT2D eigenvalue weighted by atomic mass is 10.2. The molecule has 3 aromatic rings. The Morgan fingerprint density at radius 3 is 2.68 bits per heavy atom. The van der Waals surface area contributed by atoms with Gasteiger partial charge in [0.15, 0.2) is 16.5 Å². The number of aromatic nitrogens is 2. The van der Waals surface area contributed by atoms with E-state index in [1.54, 1.807) is 25.6 Å². The molecule has 1 aromatic carbocycles. The van der Waals surface area contributed by atoms with Gasteiger partial charge in [0.2, 0.25) is 0 Å². The van der Waals surface area contributed by atoms with Crippen LogP contribution in [0.1, 0.15) is 5.69 Å². The largest absolute Gasteiger partial charge is 0.493 e. The molecule has 3 rings (SSSR count). The highest BCUT2D eigenvalue weighted by molar-refractivity contribution is 7.15. The van der Waals surface area contributed by atoms with Crippen molar-refractivity contribution >= 4 is 27.3 Å². The van der Waals surface area contributed by atoms with Gasteiger partial charge in [0.25, 0.3) is 0 Å². The molecule has 0 spiro atoms. The summed E-state index contributed by atoms with van der Waals surface area (Å²) in [7, 11) is 3.26. The molecule has 19 heavy (non-hydrogen) atoms. The smallest absolute Gasteiger partial charge is 0.194 e. The molecule has 6 heteroatoms. The second-order valence-electron chi connectivity index (χ2n) is 4.19. The van der Waals surface area contributed by atoms with E-state index in [-0.39, 0.29) is 0 Å². The van der Waals surface area contributed by atoms with Gasteiger partial charge in [-0.05, 0) is 6.54 Å². The third kappa shape index (κ3) is 1.84. The Labute approximate surface area is 114 Å². The van der Waals surface area contributed by atoms with E-state index in [2.05, 4.69) is 14.8 Å². The molecule has 0 unspecified atom stereocenters. The third-order valence-corrected chi connectivity index (χ3v) is 3.99. The van der Waals surface area contributed by atoms with Crippen LogP contribution < -0.4 is 15.2 Å². The molecule has 0 saturated carbocycles. The molecule has 0 radical (unpaired) electrons. The first-order valence-corrected chi connectivity index (χ1v) is 6.87. The number of fused-ring (bicyclic) bond motifs is 3. The average Bonchev–Trinajstić information content (AvgIpc) is 2.97. The number of ether oxygens (including phenoxy) is 2. The van der Waals surface area contributed by atoms with Crippen molar-refractivity contribution in [2.45, 2.75) is 6.42 Å². The fourth-order valence-electron chi connectivity index (χ4n) is 2.23. The number of methoxy groups -OCH3 is 2. The van der Waals surface area contributed by atoms with Gasteiger partial charge in [0.05, 0.1) is 25.3 Å². The van der Waals surface area contributed by atoms with Crippen molar-refractivity contribution in [3.8, 4) is 11.5 Å². The summed E-state index contributed by atoms with van der Waals surface area (Å²) in [5.74, 6) is 1.41. The monoisotopic (exact) mass is 277 g/mol. The predicted octanol–water partition coefficient (Wildman–Crippen LogP) is 2.07. The van der Waals surface area contributed by atoms with Crippen LogP contribution in [0.25, 0.3) is 16.0 Å². The summed E-state index contributed by atoms with van der Waals surface area (Å²) in [6.45, 7) is 0.624. The fraction of sp³-hybridized carbons (Fsp3) is 0.308. The van der Waals surface area contributed by atoms with Crippen LogP contribution in [0.3, 0.4) is 0 Å². The Hall–Kier alpha value is -1.79. The van der Waals surface area contributed by atoms with Gasteiger partial charge in [-0.25, -0.2) is 4.98 Å². The van der Waals surface area contributed by atoms with Gasteiger partial charge in [-0.2, -0.15) is 0 Å². The first-order valence-electron chi connectivity index (χ1n) is 5.99. The van der Waals surface area contributed by atoms with Gasteiger partial charge in [-0.1, -0.05) is 0 Å². The Morgan fingerprint density at radius 2 is 2.00 bits per heavy atom. The molecule has 2 aromatic heterocycles. The quantitative estimate of drug-likeness (QED) is 0.793. The van der Waals surface area contributed by atoms with Crippen molar-refractivity contribution in [2.24, 2.45) is 5.73 Å². The third-order valence-electron chi connectivity index (χ3n) is 3.12. The van der Waals surface area contributed by atoms with Crippen LogP contribution in [0.2, 0.25) is 0 Å². The van der Waals surface area contributed by atoms with Gasteiger partial charge >= 0.3 is 0 Å². The van der Waals surface area contributed by atoms with Crippen LogP contribution in [-0.4, -0.2) is 30.1 Å². The minimum Gasteiger partial charge on any atom is -0.493 e. The molecular formula is C13H15N3O2S. The fourth-order valence-corrected chi connectivity index (χ4v) is 3.17. The summed E-state index contributed by atoms with van der Waals surface area (Å²) in [5.41, 5.74) is 8.76. The zero-order chi connectivity index (χ0) is 13.4. The SMILES string of the molecule is COc1cc2nc3scc(CCN)n3c2cc1OC. The molecule has 0 atom stereocenters. The van der Waals surface area contributed by atoms with Crippen LogP contribution in [-0.2, 0) is 6.42 Å². The number of nitrogens with zero attached hydrogens (tertiary/aromatic N) is 2. The summed E-state index contributed by atoms with van der Waals surface area (Å²) < 4.78 is 12.8. The molecular weight excluding hydrogens is 262 g/mol. The standard InChI is InChI=1S/C13H15N3O2S/c1-17-11-5-9-10(6-12(11)18-2)16-8(3-4-14)7-19-13(16)15-9/h5-7H,3-4,14H2,1-2H3. The number of nitrogens with two attached hydrogens (primary N) is 1. The number of hydrogen-bond donors (Lipinski definition) is 1. The zero-order valence-electron chi connectivity index (χ0n) is 10.8. The normalized spacial score (nSPS) is 11.3. The van der Waals surface area contributed by atoms with E-state index >= 15 is 0 Å². The molecule has 2 heterocycles. The lowest BCUT2D eigenvalue weighted by Gasteiger charge is -2.07. The molecule has 0 aliphatic carbocycles. The summed E-state index contributed by atoms with van der Waals surface area (Å²) >= 11 is 1.62. The summed E-state index contributed by atoms with van der Waals surface area (Å²) in [6, 6.07) is 3.86. The molecule has 0 bridgehead atoms. The minimum absolute atomic E-state index is 0.624. The van der Waals surface area contributed by atoms with Crippen molar-refractivity contribution in [3.63, 3.8) is 0 Å². The van der Waals surface area contributed by atoms with Crippen LogP contribution in [0.5, 0.6) is 11.5 Å². The van der Waals surface area contributed by atoms with E-state index in [0.717, 1.165) is 22.4 Å². The maximum atomic E-state index is 5.65. The number of rotatable bonds is 4. The maximum absolute atomic E-state index is 5.65. The molecule has 0 saturated heterocycles. The van der Waals surface area contributed by atoms with E-state index in [1.807, 2.05) is 12.1 Å². The van der Waals surface area contributed by atoms with Crippen molar-refractivity contribution < 1.29 is 9.47 Å². The number of imidazole rings is 1. The zero-order valence-corrected chi connectivity index (χ0v) is 11.7. The highest BCUT2D eigenvalue weighted by Crippen LogP contribution is 2.34. The summed E-state index contributed by atoms with van der Waals surface area (Å²) in [6.07, 6.45) is 0.833. The van der Waals surface area contributed by atoms with Gasteiger partial charge in [-0.15, -0.1) is 11.3 Å². The van der Waals surface area contributed by atoms with Crippen molar-refractivity contribution in [1.82, 2.24) is 9.38 Å². The maximum Gasteiger partial charge on any atom is 0.194 e. The van der Waals surface area contributed by atoms with Crippen molar-refractivity contribution in [2.75, 3.05) is 20.8 Å². The van der Waals surface area contributed by atoms with Crippen LogP contribution >= 0.6 is 11.3 Å². The first-order chi connectivity index (χ1) is 9.28. The van der Waals surface area contributed by atoms with E-state index in [9.17, 15) is 0 Å². The van der Waals surface area contributed by atoms with Gasteiger partial charge in [0.1, 0.15) is 0 Å². The lowest BCUT2D eigenvalue weighted by molar-refractivity contribution is 0.355. The summed E-state index contributed by atoms with van der Waals surface area (Å²) in [4.78, 5) is 5.57. The highest BCUT2D eigenvalue weighted by Gasteiger charge is 2.14. The van der Waals surface area contributed by atoms with Gasteiger partial charge in [-0.3, -0.25) is 4.40 Å². The minimum atomic E-state index is 0.624. The van der Waals surface area contributed by atoms with E-state index in [4.69, 9.17) is 15.2 Å². The average molecular weight is 277 g/mol. The molecule has 2 N–H and O–H groups in total. The molecule has 5 nitrogen and oxygen atoms in total. The molecule has 0 fully saturated rings. The van der Waals surface area contributed by atoms with Crippen molar-refractivity contribution in [1.29, 1.82) is 0 Å². The van der Waals surface area contributed by atoms with Gasteiger partial charge in [0, 0.05) is 29.6 Å². The first kappa shape index (κ1) is 12.3. The topological polar surface area (TPSA) is 61.8 Å². The Balaban J connectivity index is 2.31. The second-order valence-corrected chi connectivity index (χ2v) is 5.03. The molecule has 0 aliphatic rings. The molecule has 0 aliphatic heterocycles. The summed E-state index contributed by atoms with van der Waals surface area (Å²) in [5, 5.41) is 2.10. The Morgan fingerprint density at radius 1 is 1.26 bits per heavy atom. The number of hydrogen-bond acceptors (Lipinski definition) is 5. The van der Waals surface area contributed by atoms with E-state index < -0.39 is 0 Å². The second kappa shape index (κ2) is 4.71.